The van der Waals surface area contributed by atoms with Crippen LogP contribution in [-0.4, -0.2) is 42.2 Å². The van der Waals surface area contributed by atoms with Gasteiger partial charge in [0.1, 0.15) is 0 Å². The molecule has 1 heterocycles. The van der Waals surface area contributed by atoms with Crippen LogP contribution in [0.3, 0.4) is 0 Å². The largest absolute Gasteiger partial charge is 0.505 e. The zero-order valence-corrected chi connectivity index (χ0v) is 16.3. The lowest BCUT2D eigenvalue weighted by atomic mass is 10.1. The summed E-state index contributed by atoms with van der Waals surface area (Å²) in [5, 5.41) is 12.6. The maximum absolute atomic E-state index is 13.5. The fourth-order valence-corrected chi connectivity index (χ4v) is 3.32. The molecule has 0 amide bonds. The van der Waals surface area contributed by atoms with Crippen molar-refractivity contribution in [2.75, 3.05) is 26.2 Å². The van der Waals surface area contributed by atoms with E-state index in [4.69, 9.17) is 4.74 Å². The first-order chi connectivity index (χ1) is 13.7. The number of phenols is 1. The van der Waals surface area contributed by atoms with Crippen LogP contribution in [-0.2, 0) is 17.9 Å². The Hall–Kier alpha value is -2.60. The van der Waals surface area contributed by atoms with Crippen LogP contribution in [0.25, 0.3) is 0 Å². The van der Waals surface area contributed by atoms with Crippen molar-refractivity contribution in [3.63, 3.8) is 0 Å². The molecule has 28 heavy (non-hydrogen) atoms. The number of phenolic OH excluding ortho intramolecular Hbond substituents is 1. The van der Waals surface area contributed by atoms with Gasteiger partial charge in [-0.05, 0) is 36.6 Å². The van der Waals surface area contributed by atoms with Crippen molar-refractivity contribution in [1.29, 1.82) is 0 Å². The van der Waals surface area contributed by atoms with Crippen LogP contribution >= 0.6 is 0 Å². The lowest BCUT2D eigenvalue weighted by Crippen LogP contribution is -2.40. The van der Waals surface area contributed by atoms with Crippen molar-refractivity contribution < 1.29 is 14.2 Å². The fraction of sp³-hybridized carbons (Fsp3) is 0.409. The number of hydrogen-bond donors (Lipinski definition) is 2. The summed E-state index contributed by atoms with van der Waals surface area (Å²) < 4.78 is 19.4. The Bertz CT molecular complexity index is 783. The van der Waals surface area contributed by atoms with Gasteiger partial charge < -0.3 is 20.1 Å². The Labute approximate surface area is 165 Å². The Morgan fingerprint density at radius 2 is 2.07 bits per heavy atom. The molecule has 3 rings (SSSR count). The predicted octanol–water partition coefficient (Wildman–Crippen LogP) is 3.54. The van der Waals surface area contributed by atoms with Crippen molar-refractivity contribution in [2.45, 2.75) is 26.5 Å². The highest BCUT2D eigenvalue weighted by atomic mass is 19.1. The van der Waals surface area contributed by atoms with Crippen molar-refractivity contribution >= 4 is 5.96 Å². The van der Waals surface area contributed by atoms with Crippen molar-refractivity contribution in [3.05, 3.63) is 65.5 Å². The number of aromatic hydroxyl groups is 1. The molecule has 0 spiro atoms. The number of guanidine groups is 1. The van der Waals surface area contributed by atoms with Gasteiger partial charge in [-0.25, -0.2) is 9.38 Å². The number of ether oxygens (including phenoxy) is 1. The number of rotatable bonds is 7. The Morgan fingerprint density at radius 1 is 1.25 bits per heavy atom. The molecule has 0 saturated carbocycles. The summed E-state index contributed by atoms with van der Waals surface area (Å²) in [5.74, 6) is 0.354. The fourth-order valence-electron chi connectivity index (χ4n) is 3.32. The lowest BCUT2D eigenvalue weighted by molar-refractivity contribution is 0.0906. The second kappa shape index (κ2) is 10.1. The summed E-state index contributed by atoms with van der Waals surface area (Å²) in [5.41, 5.74) is 1.92. The molecule has 1 unspecified atom stereocenters. The van der Waals surface area contributed by atoms with Crippen LogP contribution in [0.5, 0.6) is 5.75 Å². The molecule has 0 aromatic heterocycles. The molecular formula is C22H28FN3O2. The van der Waals surface area contributed by atoms with E-state index in [-0.39, 0.29) is 5.75 Å². The average Bonchev–Trinajstić information content (AvgIpc) is 3.17. The maximum Gasteiger partial charge on any atom is 0.194 e. The summed E-state index contributed by atoms with van der Waals surface area (Å²) in [7, 11) is 0. The van der Waals surface area contributed by atoms with Gasteiger partial charge in [0, 0.05) is 25.6 Å². The first-order valence-electron chi connectivity index (χ1n) is 9.78. The maximum atomic E-state index is 13.5. The molecule has 0 radical (unpaired) electrons. The van der Waals surface area contributed by atoms with Crippen LogP contribution in [0.15, 0.2) is 53.5 Å². The predicted molar refractivity (Wildman–Crippen MR) is 109 cm³/mol. The summed E-state index contributed by atoms with van der Waals surface area (Å²) in [6.45, 7) is 6.36. The van der Waals surface area contributed by atoms with Crippen molar-refractivity contribution in [1.82, 2.24) is 10.2 Å². The molecule has 2 aromatic carbocycles. The van der Waals surface area contributed by atoms with Crippen LogP contribution in [0.4, 0.5) is 4.39 Å². The lowest BCUT2D eigenvalue weighted by Gasteiger charge is -2.21. The molecule has 1 saturated heterocycles. The summed E-state index contributed by atoms with van der Waals surface area (Å²) in [6.07, 6.45) is 1.06. The van der Waals surface area contributed by atoms with E-state index in [0.29, 0.717) is 19.1 Å². The molecule has 1 fully saturated rings. The third-order valence-corrected chi connectivity index (χ3v) is 4.81. The Morgan fingerprint density at radius 3 is 2.82 bits per heavy atom. The van der Waals surface area contributed by atoms with Crippen molar-refractivity contribution in [3.8, 4) is 5.75 Å². The van der Waals surface area contributed by atoms with Gasteiger partial charge in [-0.2, -0.15) is 0 Å². The van der Waals surface area contributed by atoms with Gasteiger partial charge in [0.2, 0.25) is 0 Å². The number of nitrogens with zero attached hydrogens (tertiary/aromatic N) is 2. The quantitative estimate of drug-likeness (QED) is 0.565. The van der Waals surface area contributed by atoms with E-state index in [1.807, 2.05) is 25.1 Å². The van der Waals surface area contributed by atoms with E-state index in [9.17, 15) is 9.50 Å². The zero-order chi connectivity index (χ0) is 19.8. The van der Waals surface area contributed by atoms with Gasteiger partial charge in [-0.1, -0.05) is 36.4 Å². The minimum absolute atomic E-state index is 0.336. The average molecular weight is 385 g/mol. The van der Waals surface area contributed by atoms with E-state index < -0.39 is 5.82 Å². The van der Waals surface area contributed by atoms with Gasteiger partial charge in [0.15, 0.2) is 17.5 Å². The number of hydrogen-bond acceptors (Lipinski definition) is 3. The zero-order valence-electron chi connectivity index (χ0n) is 16.3. The summed E-state index contributed by atoms with van der Waals surface area (Å²) in [6, 6.07) is 14.6. The highest BCUT2D eigenvalue weighted by Gasteiger charge is 2.25. The van der Waals surface area contributed by atoms with E-state index in [1.54, 1.807) is 6.07 Å². The molecule has 2 aromatic rings. The third-order valence-electron chi connectivity index (χ3n) is 4.81. The standard InChI is InChI=1S/C22H28FN3O2/c1-2-24-22(25-13-18-8-9-21(27)20(23)12-18)26-11-10-19(14-26)16-28-15-17-6-4-3-5-7-17/h3-9,12,19,27H,2,10-11,13-16H2,1H3,(H,24,25). The molecule has 1 aliphatic rings. The smallest absolute Gasteiger partial charge is 0.194 e. The van der Waals surface area contributed by atoms with Gasteiger partial charge in [-0.3, -0.25) is 0 Å². The second-order valence-electron chi connectivity index (χ2n) is 7.06. The highest BCUT2D eigenvalue weighted by Crippen LogP contribution is 2.19. The van der Waals surface area contributed by atoms with E-state index in [1.165, 1.54) is 17.7 Å². The topological polar surface area (TPSA) is 57.1 Å². The van der Waals surface area contributed by atoms with Gasteiger partial charge in [0.05, 0.1) is 19.8 Å². The minimum atomic E-state index is -0.616. The summed E-state index contributed by atoms with van der Waals surface area (Å²) >= 11 is 0. The van der Waals surface area contributed by atoms with Crippen molar-refractivity contribution in [2.24, 2.45) is 10.9 Å². The first kappa shape index (κ1) is 20.1. The van der Waals surface area contributed by atoms with Crippen LogP contribution < -0.4 is 5.32 Å². The Balaban J connectivity index is 1.51. The highest BCUT2D eigenvalue weighted by molar-refractivity contribution is 5.80. The molecule has 1 atom stereocenters. The minimum Gasteiger partial charge on any atom is -0.505 e. The molecule has 1 aliphatic heterocycles. The third kappa shape index (κ3) is 5.70. The molecular weight excluding hydrogens is 357 g/mol. The monoisotopic (exact) mass is 385 g/mol. The van der Waals surface area contributed by atoms with E-state index in [0.717, 1.165) is 44.2 Å². The normalized spacial score (nSPS) is 17.1. The van der Waals surface area contributed by atoms with Crippen LogP contribution in [0, 0.1) is 11.7 Å². The number of aliphatic imine (C=N–C) groups is 1. The van der Waals surface area contributed by atoms with Crippen LogP contribution in [0.1, 0.15) is 24.5 Å². The molecule has 0 bridgehead atoms. The molecule has 6 heteroatoms. The second-order valence-corrected chi connectivity index (χ2v) is 7.06. The van der Waals surface area contributed by atoms with Gasteiger partial charge in [-0.15, -0.1) is 0 Å². The van der Waals surface area contributed by atoms with E-state index in [2.05, 4.69) is 27.3 Å². The molecule has 5 nitrogen and oxygen atoms in total. The van der Waals surface area contributed by atoms with Gasteiger partial charge >= 0.3 is 0 Å². The first-order valence-corrected chi connectivity index (χ1v) is 9.78. The van der Waals surface area contributed by atoms with Crippen LogP contribution in [0.2, 0.25) is 0 Å². The number of nitrogens with one attached hydrogen (secondary N) is 1. The molecule has 0 aliphatic carbocycles. The number of benzene rings is 2. The SMILES string of the molecule is CCNC(=NCc1ccc(O)c(F)c1)N1CCC(COCc2ccccc2)C1. The number of halogens is 1. The van der Waals surface area contributed by atoms with E-state index >= 15 is 0 Å². The van der Waals surface area contributed by atoms with Gasteiger partial charge in [0.25, 0.3) is 0 Å². The Kier molecular flexibility index (Phi) is 7.25. The molecule has 150 valence electrons. The number of likely N-dealkylation sites (tertiary alicyclic amines) is 1. The summed E-state index contributed by atoms with van der Waals surface area (Å²) in [4.78, 5) is 6.87. The molecule has 2 N–H and O–H groups in total.